The summed E-state index contributed by atoms with van der Waals surface area (Å²) in [5, 5.41) is 2.24. The fourth-order valence-electron chi connectivity index (χ4n) is 2.78. The SMILES string of the molecule is COc1ccc(/C=C2\SC(=O)N(CC(=O)Nc3ccccc3C)C2=O)cc1OC. The number of nitrogens with zero attached hydrogens (tertiary/aromatic N) is 1. The van der Waals surface area contributed by atoms with Crippen molar-refractivity contribution in [1.82, 2.24) is 4.90 Å². The highest BCUT2D eigenvalue weighted by Crippen LogP contribution is 2.34. The fraction of sp³-hybridized carbons (Fsp3) is 0.190. The van der Waals surface area contributed by atoms with E-state index in [1.54, 1.807) is 36.4 Å². The highest BCUT2D eigenvalue weighted by Gasteiger charge is 2.36. The summed E-state index contributed by atoms with van der Waals surface area (Å²) in [5.74, 6) is 0.132. The summed E-state index contributed by atoms with van der Waals surface area (Å²) in [4.78, 5) is 38.4. The third-order valence-corrected chi connectivity index (χ3v) is 5.21. The number of thioether (sulfide) groups is 1. The third kappa shape index (κ3) is 4.60. The molecule has 0 spiro atoms. The van der Waals surface area contributed by atoms with Crippen molar-refractivity contribution in [1.29, 1.82) is 0 Å². The van der Waals surface area contributed by atoms with Gasteiger partial charge in [-0.05, 0) is 54.1 Å². The van der Waals surface area contributed by atoms with Crippen LogP contribution in [0.15, 0.2) is 47.4 Å². The maximum atomic E-state index is 12.6. The summed E-state index contributed by atoms with van der Waals surface area (Å²) in [6, 6.07) is 12.5. The Hall–Kier alpha value is -3.26. The summed E-state index contributed by atoms with van der Waals surface area (Å²) in [5.41, 5.74) is 2.21. The number of amides is 3. The number of hydrogen-bond donors (Lipinski definition) is 1. The molecule has 1 N–H and O–H groups in total. The first-order valence-corrected chi connectivity index (χ1v) is 9.57. The highest BCUT2D eigenvalue weighted by molar-refractivity contribution is 8.18. The van der Waals surface area contributed by atoms with Crippen molar-refractivity contribution in [2.75, 3.05) is 26.1 Å². The van der Waals surface area contributed by atoms with Crippen molar-refractivity contribution in [3.63, 3.8) is 0 Å². The van der Waals surface area contributed by atoms with Gasteiger partial charge in [-0.25, -0.2) is 0 Å². The number of anilines is 1. The van der Waals surface area contributed by atoms with Gasteiger partial charge in [0.2, 0.25) is 5.91 Å². The van der Waals surface area contributed by atoms with Crippen LogP contribution >= 0.6 is 11.8 Å². The first-order chi connectivity index (χ1) is 13.9. The largest absolute Gasteiger partial charge is 0.493 e. The van der Waals surface area contributed by atoms with Gasteiger partial charge >= 0.3 is 0 Å². The number of imide groups is 1. The van der Waals surface area contributed by atoms with Gasteiger partial charge in [-0.3, -0.25) is 19.3 Å². The van der Waals surface area contributed by atoms with Crippen LogP contribution in [0.3, 0.4) is 0 Å². The highest BCUT2D eigenvalue weighted by atomic mass is 32.2. The van der Waals surface area contributed by atoms with Crippen LogP contribution in [0.1, 0.15) is 11.1 Å². The summed E-state index contributed by atoms with van der Waals surface area (Å²) >= 11 is 0.798. The first kappa shape index (κ1) is 20.5. The van der Waals surface area contributed by atoms with Crippen LogP contribution < -0.4 is 14.8 Å². The van der Waals surface area contributed by atoms with Gasteiger partial charge in [0, 0.05) is 5.69 Å². The molecule has 3 rings (SSSR count). The predicted molar refractivity (Wildman–Crippen MR) is 112 cm³/mol. The average molecular weight is 412 g/mol. The Labute approximate surface area is 172 Å². The lowest BCUT2D eigenvalue weighted by Gasteiger charge is -2.13. The number of nitrogens with one attached hydrogen (secondary N) is 1. The van der Waals surface area contributed by atoms with Crippen molar-refractivity contribution in [2.24, 2.45) is 0 Å². The third-order valence-electron chi connectivity index (χ3n) is 4.30. The second-order valence-corrected chi connectivity index (χ2v) is 7.24. The smallest absolute Gasteiger partial charge is 0.294 e. The van der Waals surface area contributed by atoms with E-state index in [2.05, 4.69) is 5.32 Å². The lowest BCUT2D eigenvalue weighted by Crippen LogP contribution is -2.36. The number of benzene rings is 2. The molecule has 1 fully saturated rings. The molecule has 0 aliphatic carbocycles. The van der Waals surface area contributed by atoms with Crippen LogP contribution in [0, 0.1) is 6.92 Å². The molecule has 150 valence electrons. The summed E-state index contributed by atoms with van der Waals surface area (Å²) in [7, 11) is 3.05. The first-order valence-electron chi connectivity index (χ1n) is 8.76. The van der Waals surface area contributed by atoms with Gasteiger partial charge in [0.15, 0.2) is 11.5 Å². The summed E-state index contributed by atoms with van der Waals surface area (Å²) < 4.78 is 10.4. The molecule has 0 unspecified atom stereocenters. The monoisotopic (exact) mass is 412 g/mol. The van der Waals surface area contributed by atoms with Crippen LogP contribution in [-0.2, 0) is 9.59 Å². The van der Waals surface area contributed by atoms with Crippen LogP contribution in [0.4, 0.5) is 10.5 Å². The Kier molecular flexibility index (Phi) is 6.23. The number of ether oxygens (including phenoxy) is 2. The van der Waals surface area contributed by atoms with Gasteiger partial charge in [-0.15, -0.1) is 0 Å². The molecule has 1 aliphatic rings. The predicted octanol–water partition coefficient (Wildman–Crippen LogP) is 3.69. The molecule has 1 aliphatic heterocycles. The molecule has 0 aromatic heterocycles. The molecule has 0 atom stereocenters. The van der Waals surface area contributed by atoms with Crippen LogP contribution in [0.2, 0.25) is 0 Å². The molecule has 29 heavy (non-hydrogen) atoms. The minimum atomic E-state index is -0.505. The minimum Gasteiger partial charge on any atom is -0.493 e. The topological polar surface area (TPSA) is 84.9 Å². The van der Waals surface area contributed by atoms with Crippen molar-refractivity contribution in [3.8, 4) is 11.5 Å². The van der Waals surface area contributed by atoms with Gasteiger partial charge in [0.25, 0.3) is 11.1 Å². The van der Waals surface area contributed by atoms with E-state index in [4.69, 9.17) is 9.47 Å². The molecule has 0 saturated carbocycles. The standard InChI is InChI=1S/C21H20N2O5S/c1-13-6-4-5-7-15(13)22-19(24)12-23-20(25)18(29-21(23)26)11-14-8-9-16(27-2)17(10-14)28-3/h4-11H,12H2,1-3H3,(H,22,24)/b18-11-. The van der Waals surface area contributed by atoms with E-state index in [1.165, 1.54) is 14.2 Å². The van der Waals surface area contributed by atoms with E-state index >= 15 is 0 Å². The molecule has 2 aromatic rings. The van der Waals surface area contributed by atoms with E-state index < -0.39 is 17.1 Å². The van der Waals surface area contributed by atoms with Gasteiger partial charge < -0.3 is 14.8 Å². The molecule has 3 amide bonds. The number of carbonyl (C=O) groups is 3. The van der Waals surface area contributed by atoms with E-state index in [0.29, 0.717) is 22.7 Å². The van der Waals surface area contributed by atoms with Crippen molar-refractivity contribution in [2.45, 2.75) is 6.92 Å². The molecule has 1 saturated heterocycles. The quantitative estimate of drug-likeness (QED) is 0.729. The van der Waals surface area contributed by atoms with E-state index in [9.17, 15) is 14.4 Å². The molecule has 0 bridgehead atoms. The minimum absolute atomic E-state index is 0.242. The second-order valence-electron chi connectivity index (χ2n) is 6.25. The Bertz CT molecular complexity index is 1000. The summed E-state index contributed by atoms with van der Waals surface area (Å²) in [6.07, 6.45) is 1.59. The number of aryl methyl sites for hydroxylation is 1. The van der Waals surface area contributed by atoms with Crippen LogP contribution in [0.25, 0.3) is 6.08 Å². The fourth-order valence-corrected chi connectivity index (χ4v) is 3.62. The van der Waals surface area contributed by atoms with E-state index in [1.807, 2.05) is 19.1 Å². The van der Waals surface area contributed by atoms with Gasteiger partial charge in [0.05, 0.1) is 19.1 Å². The number of para-hydroxylation sites is 1. The van der Waals surface area contributed by atoms with E-state index in [-0.39, 0.29) is 11.4 Å². The van der Waals surface area contributed by atoms with Gasteiger partial charge in [-0.1, -0.05) is 24.3 Å². The zero-order valence-electron chi connectivity index (χ0n) is 16.2. The summed E-state index contributed by atoms with van der Waals surface area (Å²) in [6.45, 7) is 1.52. The van der Waals surface area contributed by atoms with Gasteiger partial charge in [-0.2, -0.15) is 0 Å². The molecule has 7 nitrogen and oxygen atoms in total. The van der Waals surface area contributed by atoms with Crippen molar-refractivity contribution >= 4 is 40.6 Å². The Balaban J connectivity index is 1.73. The zero-order chi connectivity index (χ0) is 21.0. The van der Waals surface area contributed by atoms with Crippen molar-refractivity contribution < 1.29 is 23.9 Å². The average Bonchev–Trinajstić information content (AvgIpc) is 2.97. The molecule has 8 heteroatoms. The van der Waals surface area contributed by atoms with Crippen LogP contribution in [-0.4, -0.2) is 42.7 Å². The molecule has 0 radical (unpaired) electrons. The Morgan fingerprint density at radius 1 is 1.10 bits per heavy atom. The zero-order valence-corrected chi connectivity index (χ0v) is 17.0. The maximum absolute atomic E-state index is 12.6. The normalized spacial score (nSPS) is 15.0. The number of rotatable bonds is 6. The molecular formula is C21H20N2O5S. The number of methoxy groups -OCH3 is 2. The Morgan fingerprint density at radius 2 is 1.83 bits per heavy atom. The van der Waals surface area contributed by atoms with Gasteiger partial charge in [0.1, 0.15) is 6.54 Å². The number of hydrogen-bond acceptors (Lipinski definition) is 6. The Morgan fingerprint density at radius 3 is 2.52 bits per heavy atom. The lowest BCUT2D eigenvalue weighted by molar-refractivity contribution is -0.127. The lowest BCUT2D eigenvalue weighted by atomic mass is 10.2. The number of carbonyl (C=O) groups excluding carboxylic acids is 3. The molecule has 2 aromatic carbocycles. The van der Waals surface area contributed by atoms with E-state index in [0.717, 1.165) is 22.2 Å². The second kappa shape index (κ2) is 8.83. The maximum Gasteiger partial charge on any atom is 0.294 e. The molecular weight excluding hydrogens is 392 g/mol. The van der Waals surface area contributed by atoms with Crippen molar-refractivity contribution in [3.05, 3.63) is 58.5 Å². The molecule has 1 heterocycles. The van der Waals surface area contributed by atoms with Crippen LogP contribution in [0.5, 0.6) is 11.5 Å².